The van der Waals surface area contributed by atoms with Gasteiger partial charge in [0, 0.05) is 12.1 Å². The lowest BCUT2D eigenvalue weighted by Crippen LogP contribution is -2.36. The molecular formula is C13H21NS. The second-order valence-corrected chi connectivity index (χ2v) is 5.60. The second-order valence-electron chi connectivity index (χ2n) is 4.82. The molecule has 1 aromatic heterocycles. The first-order valence-corrected chi connectivity index (χ1v) is 6.42. The highest BCUT2D eigenvalue weighted by Crippen LogP contribution is 2.13. The number of thiophene rings is 1. The van der Waals surface area contributed by atoms with Crippen LogP contribution in [-0.2, 0) is 0 Å². The van der Waals surface area contributed by atoms with Gasteiger partial charge in [0.25, 0.3) is 0 Å². The van der Waals surface area contributed by atoms with E-state index >= 15 is 0 Å². The smallest absolute Gasteiger partial charge is 0.0172 e. The summed E-state index contributed by atoms with van der Waals surface area (Å²) in [6.45, 7) is 9.79. The van der Waals surface area contributed by atoms with Crippen LogP contribution >= 0.6 is 11.3 Å². The molecule has 0 saturated carbocycles. The van der Waals surface area contributed by atoms with Gasteiger partial charge in [0.15, 0.2) is 0 Å². The number of hydrogen-bond acceptors (Lipinski definition) is 2. The number of rotatable bonds is 4. The second kappa shape index (κ2) is 5.47. The van der Waals surface area contributed by atoms with Crippen LogP contribution in [0.2, 0.25) is 0 Å². The summed E-state index contributed by atoms with van der Waals surface area (Å²) < 4.78 is 0. The summed E-state index contributed by atoms with van der Waals surface area (Å²) >= 11 is 1.75. The van der Waals surface area contributed by atoms with Gasteiger partial charge in [0.05, 0.1) is 0 Å². The van der Waals surface area contributed by atoms with E-state index in [1.165, 1.54) is 11.1 Å². The molecule has 0 amide bonds. The normalized spacial score (nSPS) is 13.2. The molecule has 0 fully saturated rings. The maximum absolute atomic E-state index is 3.52. The van der Waals surface area contributed by atoms with E-state index in [4.69, 9.17) is 0 Å². The fourth-order valence-electron chi connectivity index (χ4n) is 1.25. The zero-order valence-corrected chi connectivity index (χ0v) is 10.9. The van der Waals surface area contributed by atoms with Crippen molar-refractivity contribution in [1.29, 1.82) is 0 Å². The minimum Gasteiger partial charge on any atom is -0.308 e. The molecule has 0 aliphatic carbocycles. The van der Waals surface area contributed by atoms with Crippen LogP contribution in [0.4, 0.5) is 0 Å². The van der Waals surface area contributed by atoms with Gasteiger partial charge in [-0.15, -0.1) is 0 Å². The molecule has 1 heterocycles. The van der Waals surface area contributed by atoms with Gasteiger partial charge in [-0.1, -0.05) is 18.6 Å². The molecule has 1 rings (SSSR count). The average molecular weight is 223 g/mol. The molecule has 0 bridgehead atoms. The van der Waals surface area contributed by atoms with Gasteiger partial charge >= 0.3 is 0 Å². The predicted octanol–water partition coefficient (Wildman–Crippen LogP) is 3.93. The van der Waals surface area contributed by atoms with E-state index < -0.39 is 0 Å². The number of hydrogen-bond donors (Lipinski definition) is 1. The van der Waals surface area contributed by atoms with Crippen LogP contribution in [0.15, 0.2) is 22.4 Å². The van der Waals surface area contributed by atoms with E-state index in [0.717, 1.165) is 13.0 Å². The highest BCUT2D eigenvalue weighted by Gasteiger charge is 2.08. The third-order valence-corrected chi connectivity index (χ3v) is 2.92. The van der Waals surface area contributed by atoms with E-state index in [1.807, 2.05) is 0 Å². The van der Waals surface area contributed by atoms with E-state index in [1.54, 1.807) is 11.3 Å². The lowest BCUT2D eigenvalue weighted by atomic mass is 10.1. The molecular weight excluding hydrogens is 202 g/mol. The highest BCUT2D eigenvalue weighted by atomic mass is 32.1. The zero-order valence-electron chi connectivity index (χ0n) is 10.1. The molecule has 0 aliphatic rings. The maximum atomic E-state index is 3.52. The fraction of sp³-hybridized carbons (Fsp3) is 0.538. The Labute approximate surface area is 97.2 Å². The van der Waals surface area contributed by atoms with Crippen molar-refractivity contribution in [3.8, 4) is 0 Å². The molecule has 0 radical (unpaired) electrons. The van der Waals surface area contributed by atoms with Crippen molar-refractivity contribution in [2.45, 2.75) is 39.7 Å². The molecule has 0 spiro atoms. The third-order valence-electron chi connectivity index (χ3n) is 2.21. The van der Waals surface area contributed by atoms with E-state index in [-0.39, 0.29) is 5.54 Å². The van der Waals surface area contributed by atoms with Crippen molar-refractivity contribution in [3.63, 3.8) is 0 Å². The summed E-state index contributed by atoms with van der Waals surface area (Å²) in [5, 5.41) is 7.83. The van der Waals surface area contributed by atoms with E-state index in [2.05, 4.69) is 55.9 Å². The Balaban J connectivity index is 2.57. The summed E-state index contributed by atoms with van der Waals surface area (Å²) in [7, 11) is 0. The third kappa shape index (κ3) is 5.14. The molecule has 2 heteroatoms. The van der Waals surface area contributed by atoms with Crippen LogP contribution in [0.5, 0.6) is 0 Å². The van der Waals surface area contributed by atoms with E-state index in [0.29, 0.717) is 0 Å². The molecule has 0 atom stereocenters. The lowest BCUT2D eigenvalue weighted by Gasteiger charge is -2.21. The highest BCUT2D eigenvalue weighted by molar-refractivity contribution is 7.08. The molecule has 84 valence electrons. The van der Waals surface area contributed by atoms with Gasteiger partial charge in [0.1, 0.15) is 0 Å². The molecule has 1 nitrogen and oxygen atoms in total. The molecule has 0 unspecified atom stereocenters. The standard InChI is InChI=1S/C13H21NS/c1-5-11(9-14-13(2,3)4)8-12-6-7-15-10-12/h6-8,10,14H,5,9H2,1-4H3. The predicted molar refractivity (Wildman–Crippen MR) is 70.3 cm³/mol. The largest absolute Gasteiger partial charge is 0.308 e. The maximum Gasteiger partial charge on any atom is 0.0172 e. The summed E-state index contributed by atoms with van der Waals surface area (Å²) in [4.78, 5) is 0. The van der Waals surface area contributed by atoms with Crippen molar-refractivity contribution in [2.75, 3.05) is 6.54 Å². The van der Waals surface area contributed by atoms with E-state index in [9.17, 15) is 0 Å². The van der Waals surface area contributed by atoms with Crippen LogP contribution in [0, 0.1) is 0 Å². The zero-order chi connectivity index (χ0) is 11.3. The molecule has 0 aromatic carbocycles. The van der Waals surface area contributed by atoms with Crippen molar-refractivity contribution in [2.24, 2.45) is 0 Å². The summed E-state index contributed by atoms with van der Waals surface area (Å²) in [5.41, 5.74) is 2.99. The van der Waals surface area contributed by atoms with Gasteiger partial charge in [-0.2, -0.15) is 11.3 Å². The molecule has 0 aliphatic heterocycles. The SMILES string of the molecule is CCC(=Cc1ccsc1)CNC(C)(C)C. The Morgan fingerprint density at radius 1 is 1.47 bits per heavy atom. The van der Waals surface area contributed by atoms with Gasteiger partial charge in [-0.05, 0) is 49.6 Å². The molecule has 15 heavy (non-hydrogen) atoms. The number of nitrogens with one attached hydrogen (secondary N) is 1. The Kier molecular flexibility index (Phi) is 4.55. The minimum atomic E-state index is 0.197. The first-order valence-electron chi connectivity index (χ1n) is 5.48. The van der Waals surface area contributed by atoms with Crippen molar-refractivity contribution < 1.29 is 0 Å². The van der Waals surface area contributed by atoms with Gasteiger partial charge < -0.3 is 5.32 Å². The first-order chi connectivity index (χ1) is 7.01. The van der Waals surface area contributed by atoms with Crippen molar-refractivity contribution in [1.82, 2.24) is 5.32 Å². The molecule has 1 aromatic rings. The summed E-state index contributed by atoms with van der Waals surface area (Å²) in [6.07, 6.45) is 3.40. The Morgan fingerprint density at radius 2 is 2.20 bits per heavy atom. The van der Waals surface area contributed by atoms with Crippen LogP contribution in [0.3, 0.4) is 0 Å². The summed E-state index contributed by atoms with van der Waals surface area (Å²) in [6, 6.07) is 2.16. The average Bonchev–Trinajstić information content (AvgIpc) is 2.63. The first kappa shape index (κ1) is 12.5. The van der Waals surface area contributed by atoms with Gasteiger partial charge in [-0.3, -0.25) is 0 Å². The van der Waals surface area contributed by atoms with Crippen LogP contribution in [-0.4, -0.2) is 12.1 Å². The van der Waals surface area contributed by atoms with Crippen LogP contribution < -0.4 is 5.32 Å². The Hall–Kier alpha value is -0.600. The van der Waals surface area contributed by atoms with Crippen molar-refractivity contribution in [3.05, 3.63) is 28.0 Å². The van der Waals surface area contributed by atoms with Gasteiger partial charge in [-0.25, -0.2) is 0 Å². The Bertz CT molecular complexity index is 304. The molecule has 0 saturated heterocycles. The van der Waals surface area contributed by atoms with Crippen LogP contribution in [0.1, 0.15) is 39.7 Å². The summed E-state index contributed by atoms with van der Waals surface area (Å²) in [5.74, 6) is 0. The monoisotopic (exact) mass is 223 g/mol. The molecule has 1 N–H and O–H groups in total. The van der Waals surface area contributed by atoms with Gasteiger partial charge in [0.2, 0.25) is 0 Å². The lowest BCUT2D eigenvalue weighted by molar-refractivity contribution is 0.443. The Morgan fingerprint density at radius 3 is 2.67 bits per heavy atom. The van der Waals surface area contributed by atoms with Crippen molar-refractivity contribution >= 4 is 17.4 Å². The quantitative estimate of drug-likeness (QED) is 0.815. The van der Waals surface area contributed by atoms with Crippen LogP contribution in [0.25, 0.3) is 6.08 Å². The topological polar surface area (TPSA) is 12.0 Å². The fourth-order valence-corrected chi connectivity index (χ4v) is 1.87. The minimum absolute atomic E-state index is 0.197.